The molecule has 0 amide bonds. The topological polar surface area (TPSA) is 78.8 Å². The summed E-state index contributed by atoms with van der Waals surface area (Å²) in [6.07, 6.45) is 3.06. The third-order valence-electron chi connectivity index (χ3n) is 1.32. The van der Waals surface area contributed by atoms with Crippen LogP contribution in [0.25, 0.3) is 0 Å². The van der Waals surface area contributed by atoms with E-state index in [1.54, 1.807) is 13.0 Å². The van der Waals surface area contributed by atoms with Crippen LogP contribution < -0.4 is 5.73 Å². The van der Waals surface area contributed by atoms with E-state index in [1.807, 2.05) is 0 Å². The number of hydrogen-bond donors (Lipinski definition) is 3. The fourth-order valence-corrected chi connectivity index (χ4v) is 0.346. The van der Waals surface area contributed by atoms with Crippen LogP contribution in [-0.2, 0) is 0 Å². The van der Waals surface area contributed by atoms with Gasteiger partial charge in [-0.3, -0.25) is 10.7 Å². The third-order valence-corrected chi connectivity index (χ3v) is 1.32. The van der Waals surface area contributed by atoms with Gasteiger partial charge in [0.15, 0.2) is 0 Å². The standard InChI is InChI=1S/C8H14N2O2/c1-4-6(2)5-10-7(3)8(9,11)12/h4-5,11-12H,1,9H2,2-3H3/b6-5-,10-7?. The van der Waals surface area contributed by atoms with E-state index in [4.69, 9.17) is 15.9 Å². The number of nitrogens with zero attached hydrogens (tertiary/aromatic N) is 1. The van der Waals surface area contributed by atoms with E-state index in [-0.39, 0.29) is 5.71 Å². The minimum absolute atomic E-state index is 0.0312. The lowest BCUT2D eigenvalue weighted by Gasteiger charge is -2.13. The van der Waals surface area contributed by atoms with Gasteiger partial charge in [-0.15, -0.1) is 0 Å². The Kier molecular flexibility index (Phi) is 3.82. The summed E-state index contributed by atoms with van der Waals surface area (Å²) in [4.78, 5) is 3.72. The van der Waals surface area contributed by atoms with Gasteiger partial charge in [-0.1, -0.05) is 12.7 Å². The zero-order valence-corrected chi connectivity index (χ0v) is 7.28. The molecule has 0 radical (unpaired) electrons. The molecule has 68 valence electrons. The lowest BCUT2D eigenvalue weighted by Crippen LogP contribution is -2.46. The van der Waals surface area contributed by atoms with Crippen molar-refractivity contribution in [3.63, 3.8) is 0 Å². The molecular weight excluding hydrogens is 156 g/mol. The van der Waals surface area contributed by atoms with Gasteiger partial charge in [0.25, 0.3) is 5.91 Å². The van der Waals surface area contributed by atoms with Gasteiger partial charge in [-0.25, -0.2) is 0 Å². The van der Waals surface area contributed by atoms with E-state index >= 15 is 0 Å². The molecule has 4 nitrogen and oxygen atoms in total. The molecule has 0 saturated carbocycles. The Hall–Kier alpha value is -0.970. The van der Waals surface area contributed by atoms with Crippen LogP contribution in [0.15, 0.2) is 29.4 Å². The number of aliphatic imine (C=N–C) groups is 1. The van der Waals surface area contributed by atoms with Crippen molar-refractivity contribution in [1.82, 2.24) is 0 Å². The minimum Gasteiger partial charge on any atom is -0.349 e. The predicted octanol–water partition coefficient (Wildman–Crippen LogP) is 0.134. The molecule has 0 aliphatic heterocycles. The average molecular weight is 170 g/mol. The van der Waals surface area contributed by atoms with Crippen molar-refractivity contribution in [2.24, 2.45) is 10.7 Å². The number of rotatable bonds is 3. The molecule has 0 aromatic heterocycles. The van der Waals surface area contributed by atoms with Gasteiger partial charge in [0.1, 0.15) is 0 Å². The summed E-state index contributed by atoms with van der Waals surface area (Å²) in [7, 11) is 0. The van der Waals surface area contributed by atoms with E-state index in [0.29, 0.717) is 0 Å². The summed E-state index contributed by atoms with van der Waals surface area (Å²) in [6, 6.07) is 0. The van der Waals surface area contributed by atoms with Gasteiger partial charge >= 0.3 is 0 Å². The van der Waals surface area contributed by atoms with Crippen LogP contribution in [0, 0.1) is 0 Å². The Labute approximate surface area is 71.7 Å². The SMILES string of the molecule is C=C/C(C)=C\N=C(C)C(N)(O)O. The molecular formula is C8H14N2O2. The number of aliphatic hydroxyl groups is 2. The Bertz CT molecular complexity index is 224. The van der Waals surface area contributed by atoms with E-state index in [9.17, 15) is 0 Å². The molecule has 12 heavy (non-hydrogen) atoms. The normalized spacial score (nSPS) is 14.8. The van der Waals surface area contributed by atoms with Gasteiger partial charge in [-0.05, 0) is 19.4 Å². The first-order valence-corrected chi connectivity index (χ1v) is 3.45. The van der Waals surface area contributed by atoms with E-state index in [0.717, 1.165) is 5.57 Å². The molecule has 0 aliphatic rings. The smallest absolute Gasteiger partial charge is 0.261 e. The second-order valence-corrected chi connectivity index (χ2v) is 2.52. The summed E-state index contributed by atoms with van der Waals surface area (Å²) in [6.45, 7) is 6.72. The van der Waals surface area contributed by atoms with Gasteiger partial charge in [0.05, 0.1) is 5.71 Å². The van der Waals surface area contributed by atoms with E-state index in [1.165, 1.54) is 13.1 Å². The minimum atomic E-state index is -2.34. The van der Waals surface area contributed by atoms with Crippen molar-refractivity contribution < 1.29 is 10.2 Å². The first kappa shape index (κ1) is 11.0. The highest BCUT2D eigenvalue weighted by Crippen LogP contribution is 1.97. The first-order chi connectivity index (χ1) is 5.38. The molecule has 0 aliphatic carbocycles. The average Bonchev–Trinajstić information content (AvgIpc) is 1.97. The summed E-state index contributed by atoms with van der Waals surface area (Å²) in [5, 5.41) is 17.6. The number of hydrogen-bond acceptors (Lipinski definition) is 4. The largest absolute Gasteiger partial charge is 0.349 e. The zero-order chi connectivity index (χ0) is 9.78. The second-order valence-electron chi connectivity index (χ2n) is 2.52. The molecule has 0 bridgehead atoms. The van der Waals surface area contributed by atoms with Crippen LogP contribution in [0.3, 0.4) is 0 Å². The van der Waals surface area contributed by atoms with Crippen LogP contribution in [0.4, 0.5) is 0 Å². The summed E-state index contributed by atoms with van der Waals surface area (Å²) in [5.74, 6) is -2.34. The van der Waals surface area contributed by atoms with Gasteiger partial charge in [0.2, 0.25) is 0 Å². The monoisotopic (exact) mass is 170 g/mol. The molecule has 0 unspecified atom stereocenters. The molecule has 0 saturated heterocycles. The second kappa shape index (κ2) is 4.15. The highest BCUT2D eigenvalue weighted by atomic mass is 16.5. The zero-order valence-electron chi connectivity index (χ0n) is 7.28. The Balaban J connectivity index is 4.49. The third kappa shape index (κ3) is 4.02. The summed E-state index contributed by atoms with van der Waals surface area (Å²) in [5.41, 5.74) is 5.78. The fourth-order valence-electron chi connectivity index (χ4n) is 0.346. The van der Waals surface area contributed by atoms with Crippen molar-refractivity contribution in [2.45, 2.75) is 19.8 Å². The Morgan fingerprint density at radius 3 is 2.33 bits per heavy atom. The Morgan fingerprint density at radius 1 is 1.50 bits per heavy atom. The lowest BCUT2D eigenvalue weighted by atomic mass is 10.3. The Morgan fingerprint density at radius 2 is 2.00 bits per heavy atom. The summed E-state index contributed by atoms with van der Waals surface area (Å²) >= 11 is 0. The molecule has 0 atom stereocenters. The maximum absolute atomic E-state index is 8.82. The number of allylic oxidation sites excluding steroid dienone is 2. The quantitative estimate of drug-likeness (QED) is 0.320. The molecule has 0 heterocycles. The van der Waals surface area contributed by atoms with Crippen LogP contribution >= 0.6 is 0 Å². The highest BCUT2D eigenvalue weighted by molar-refractivity contribution is 5.88. The molecule has 4 heteroatoms. The van der Waals surface area contributed by atoms with Crippen LogP contribution in [0.5, 0.6) is 0 Å². The maximum atomic E-state index is 8.82. The van der Waals surface area contributed by atoms with Crippen LogP contribution in [-0.4, -0.2) is 21.8 Å². The van der Waals surface area contributed by atoms with Crippen LogP contribution in [0.2, 0.25) is 0 Å². The highest BCUT2D eigenvalue weighted by Gasteiger charge is 2.19. The van der Waals surface area contributed by atoms with Gasteiger partial charge < -0.3 is 10.2 Å². The first-order valence-electron chi connectivity index (χ1n) is 3.45. The molecule has 0 aromatic carbocycles. The van der Waals surface area contributed by atoms with Crippen molar-refractivity contribution in [3.05, 3.63) is 24.4 Å². The van der Waals surface area contributed by atoms with Crippen molar-refractivity contribution in [3.8, 4) is 0 Å². The number of nitrogens with two attached hydrogens (primary N) is 1. The lowest BCUT2D eigenvalue weighted by molar-refractivity contribution is -0.0930. The van der Waals surface area contributed by atoms with E-state index in [2.05, 4.69) is 11.6 Å². The maximum Gasteiger partial charge on any atom is 0.261 e. The van der Waals surface area contributed by atoms with Crippen molar-refractivity contribution >= 4 is 5.71 Å². The summed E-state index contributed by atoms with van der Waals surface area (Å²) < 4.78 is 0. The molecule has 4 N–H and O–H groups in total. The van der Waals surface area contributed by atoms with E-state index < -0.39 is 5.91 Å². The van der Waals surface area contributed by atoms with Crippen molar-refractivity contribution in [2.75, 3.05) is 0 Å². The van der Waals surface area contributed by atoms with Gasteiger partial charge in [-0.2, -0.15) is 0 Å². The van der Waals surface area contributed by atoms with Gasteiger partial charge in [0, 0.05) is 6.20 Å². The molecule has 0 fully saturated rings. The molecule has 0 aromatic rings. The molecule has 0 rings (SSSR count). The predicted molar refractivity (Wildman–Crippen MR) is 48.4 cm³/mol. The van der Waals surface area contributed by atoms with Crippen molar-refractivity contribution in [1.29, 1.82) is 0 Å². The fraction of sp³-hybridized carbons (Fsp3) is 0.375. The molecule has 0 spiro atoms. The van der Waals surface area contributed by atoms with Crippen LogP contribution in [0.1, 0.15) is 13.8 Å².